The second-order valence-electron chi connectivity index (χ2n) is 6.85. The summed E-state index contributed by atoms with van der Waals surface area (Å²) < 4.78 is 17.6. The number of rotatable bonds is 8. The molecule has 0 unspecified atom stereocenters. The van der Waals surface area contributed by atoms with Crippen LogP contribution in [0.2, 0.25) is 5.02 Å². The smallest absolute Gasteiger partial charge is 0.331 e. The fourth-order valence-corrected chi connectivity index (χ4v) is 3.61. The topological polar surface area (TPSA) is 66.8 Å². The van der Waals surface area contributed by atoms with Gasteiger partial charge in [0, 0.05) is 29.1 Å². The van der Waals surface area contributed by atoms with E-state index in [9.17, 15) is 9.59 Å². The van der Waals surface area contributed by atoms with E-state index in [-0.39, 0.29) is 18.4 Å². The van der Waals surface area contributed by atoms with Crippen molar-refractivity contribution < 1.29 is 23.8 Å². The van der Waals surface area contributed by atoms with Gasteiger partial charge < -0.3 is 18.8 Å². The second kappa shape index (κ2) is 9.65. The largest absolute Gasteiger partial charge is 0.493 e. The molecule has 0 bridgehead atoms. The van der Waals surface area contributed by atoms with Crippen molar-refractivity contribution in [2.24, 2.45) is 0 Å². The molecule has 156 valence electrons. The van der Waals surface area contributed by atoms with Crippen LogP contribution in [0.25, 0.3) is 6.08 Å². The SMILES string of the molecule is COc1cc(/C=C/C(=O)OCC(=O)c2cc(C)n(C(C)C)c2C)cc(Cl)c1OC. The van der Waals surface area contributed by atoms with Crippen LogP contribution in [0.3, 0.4) is 0 Å². The fourth-order valence-electron chi connectivity index (χ4n) is 3.31. The van der Waals surface area contributed by atoms with Gasteiger partial charge in [0.05, 0.1) is 19.2 Å². The summed E-state index contributed by atoms with van der Waals surface area (Å²) in [6.07, 6.45) is 2.77. The van der Waals surface area contributed by atoms with Gasteiger partial charge in [-0.25, -0.2) is 4.79 Å². The van der Waals surface area contributed by atoms with Gasteiger partial charge in [-0.3, -0.25) is 4.79 Å². The molecule has 29 heavy (non-hydrogen) atoms. The number of nitrogens with zero attached hydrogens (tertiary/aromatic N) is 1. The number of carbonyl (C=O) groups excluding carboxylic acids is 2. The lowest BCUT2D eigenvalue weighted by Gasteiger charge is -2.13. The maximum absolute atomic E-state index is 12.5. The summed E-state index contributed by atoms with van der Waals surface area (Å²) in [6.45, 7) is 7.63. The van der Waals surface area contributed by atoms with Crippen LogP contribution in [-0.4, -0.2) is 37.1 Å². The summed E-state index contributed by atoms with van der Waals surface area (Å²) in [6, 6.07) is 5.39. The van der Waals surface area contributed by atoms with Gasteiger partial charge in [0.2, 0.25) is 5.78 Å². The Hall–Kier alpha value is -2.73. The number of ketones is 1. The number of methoxy groups -OCH3 is 2. The van der Waals surface area contributed by atoms with E-state index in [1.807, 2.05) is 19.9 Å². The number of Topliss-reactive ketones (excluding diaryl/α,β-unsaturated/α-hetero) is 1. The minimum absolute atomic E-state index is 0.235. The molecule has 7 heteroatoms. The maximum atomic E-state index is 12.5. The first-order valence-electron chi connectivity index (χ1n) is 9.17. The summed E-state index contributed by atoms with van der Waals surface area (Å²) >= 11 is 6.15. The van der Waals surface area contributed by atoms with E-state index in [1.54, 1.807) is 12.1 Å². The lowest BCUT2D eigenvalue weighted by atomic mass is 10.1. The van der Waals surface area contributed by atoms with E-state index in [0.717, 1.165) is 11.4 Å². The molecule has 0 amide bonds. The Bertz CT molecular complexity index is 943. The van der Waals surface area contributed by atoms with E-state index in [4.69, 9.17) is 25.8 Å². The van der Waals surface area contributed by atoms with Crippen LogP contribution in [0, 0.1) is 13.8 Å². The number of hydrogen-bond acceptors (Lipinski definition) is 5. The van der Waals surface area contributed by atoms with Crippen molar-refractivity contribution >= 4 is 29.4 Å². The Balaban J connectivity index is 2.04. The molecule has 0 spiro atoms. The molecule has 0 saturated carbocycles. The summed E-state index contributed by atoms with van der Waals surface area (Å²) in [5.41, 5.74) is 3.07. The minimum atomic E-state index is -0.623. The molecule has 1 aromatic carbocycles. The maximum Gasteiger partial charge on any atom is 0.331 e. The molecule has 0 fully saturated rings. The average Bonchev–Trinajstić information content (AvgIpc) is 2.98. The Labute approximate surface area is 176 Å². The number of esters is 1. The van der Waals surface area contributed by atoms with Crippen LogP contribution >= 0.6 is 11.6 Å². The molecule has 1 heterocycles. The van der Waals surface area contributed by atoms with Crippen LogP contribution in [0.15, 0.2) is 24.3 Å². The van der Waals surface area contributed by atoms with E-state index >= 15 is 0 Å². The van der Waals surface area contributed by atoms with Crippen molar-refractivity contribution in [2.45, 2.75) is 33.7 Å². The van der Waals surface area contributed by atoms with E-state index < -0.39 is 5.97 Å². The van der Waals surface area contributed by atoms with Gasteiger partial charge in [0.15, 0.2) is 18.1 Å². The molecule has 2 rings (SSSR count). The monoisotopic (exact) mass is 419 g/mol. The predicted octanol–water partition coefficient (Wildman–Crippen LogP) is 4.80. The zero-order valence-corrected chi connectivity index (χ0v) is 18.3. The number of ether oxygens (including phenoxy) is 3. The highest BCUT2D eigenvalue weighted by Gasteiger charge is 2.18. The fraction of sp³-hybridized carbons (Fsp3) is 0.364. The molecule has 0 aliphatic rings. The van der Waals surface area contributed by atoms with E-state index in [1.165, 1.54) is 26.4 Å². The second-order valence-corrected chi connectivity index (χ2v) is 7.26. The Morgan fingerprint density at radius 3 is 2.38 bits per heavy atom. The van der Waals surface area contributed by atoms with Crippen LogP contribution < -0.4 is 9.47 Å². The van der Waals surface area contributed by atoms with Gasteiger partial charge in [0.1, 0.15) is 0 Å². The number of carbonyl (C=O) groups is 2. The molecule has 1 aromatic heterocycles. The highest BCUT2D eigenvalue weighted by atomic mass is 35.5. The number of benzene rings is 1. The molecule has 0 atom stereocenters. The molecule has 0 radical (unpaired) electrons. The zero-order valence-electron chi connectivity index (χ0n) is 17.5. The number of aromatic nitrogens is 1. The molecule has 0 saturated heterocycles. The highest BCUT2D eigenvalue weighted by molar-refractivity contribution is 6.32. The van der Waals surface area contributed by atoms with Gasteiger partial charge in [-0.15, -0.1) is 0 Å². The normalized spacial score (nSPS) is 11.2. The van der Waals surface area contributed by atoms with Crippen molar-refractivity contribution in [1.82, 2.24) is 4.57 Å². The third-order valence-corrected chi connectivity index (χ3v) is 4.80. The summed E-state index contributed by atoms with van der Waals surface area (Å²) in [4.78, 5) is 24.5. The first-order valence-corrected chi connectivity index (χ1v) is 9.55. The molecular weight excluding hydrogens is 394 g/mol. The van der Waals surface area contributed by atoms with Crippen molar-refractivity contribution in [3.8, 4) is 11.5 Å². The molecule has 0 aliphatic heterocycles. The minimum Gasteiger partial charge on any atom is -0.493 e. The van der Waals surface area contributed by atoms with Crippen LogP contribution in [0.4, 0.5) is 0 Å². The quantitative estimate of drug-likeness (QED) is 0.349. The number of halogens is 1. The van der Waals surface area contributed by atoms with Gasteiger partial charge in [-0.1, -0.05) is 11.6 Å². The Morgan fingerprint density at radius 1 is 1.14 bits per heavy atom. The van der Waals surface area contributed by atoms with Crippen LogP contribution in [0.1, 0.15) is 47.2 Å². The molecule has 0 N–H and O–H groups in total. The Morgan fingerprint density at radius 2 is 1.83 bits per heavy atom. The van der Waals surface area contributed by atoms with E-state index in [2.05, 4.69) is 18.4 Å². The van der Waals surface area contributed by atoms with Crippen LogP contribution in [0.5, 0.6) is 11.5 Å². The summed E-state index contributed by atoms with van der Waals surface area (Å²) in [5.74, 6) is 0.00466. The highest BCUT2D eigenvalue weighted by Crippen LogP contribution is 2.36. The lowest BCUT2D eigenvalue weighted by Crippen LogP contribution is -2.14. The first kappa shape index (κ1) is 22.6. The van der Waals surface area contributed by atoms with Crippen molar-refractivity contribution in [3.05, 3.63) is 51.8 Å². The molecule has 0 aliphatic carbocycles. The lowest BCUT2D eigenvalue weighted by molar-refractivity contribution is -0.136. The van der Waals surface area contributed by atoms with E-state index in [0.29, 0.717) is 27.6 Å². The van der Waals surface area contributed by atoms with Gasteiger partial charge in [-0.05, 0) is 57.5 Å². The van der Waals surface area contributed by atoms with Crippen molar-refractivity contribution in [1.29, 1.82) is 0 Å². The molecule has 6 nitrogen and oxygen atoms in total. The van der Waals surface area contributed by atoms with Gasteiger partial charge in [-0.2, -0.15) is 0 Å². The molecule has 2 aromatic rings. The summed E-state index contributed by atoms with van der Waals surface area (Å²) in [7, 11) is 2.99. The third kappa shape index (κ3) is 5.21. The number of hydrogen-bond donors (Lipinski definition) is 0. The number of aryl methyl sites for hydroxylation is 1. The Kier molecular flexibility index (Phi) is 7.51. The standard InChI is InChI=1S/C22H26ClNO5/c1-13(2)24-14(3)9-17(15(24)4)19(25)12-29-21(26)8-7-16-10-18(23)22(28-6)20(11-16)27-5/h7-11,13H,12H2,1-6H3/b8-7+. The van der Waals surface area contributed by atoms with Crippen molar-refractivity contribution in [3.63, 3.8) is 0 Å². The third-order valence-electron chi connectivity index (χ3n) is 4.51. The predicted molar refractivity (Wildman–Crippen MR) is 113 cm³/mol. The zero-order chi connectivity index (χ0) is 21.7. The first-order chi connectivity index (χ1) is 13.7. The van der Waals surface area contributed by atoms with Crippen molar-refractivity contribution in [2.75, 3.05) is 20.8 Å². The van der Waals surface area contributed by atoms with Crippen LogP contribution in [-0.2, 0) is 9.53 Å². The summed E-state index contributed by atoms with van der Waals surface area (Å²) in [5, 5.41) is 0.357. The van der Waals surface area contributed by atoms with Gasteiger partial charge >= 0.3 is 5.97 Å². The molecular formula is C22H26ClNO5. The van der Waals surface area contributed by atoms with Gasteiger partial charge in [0.25, 0.3) is 0 Å². The average molecular weight is 420 g/mol.